The third-order valence-corrected chi connectivity index (χ3v) is 1.84. The van der Waals surface area contributed by atoms with Crippen molar-refractivity contribution in [2.24, 2.45) is 5.84 Å². The standard InChI is InChI=1S/C9H9N7O/c10-16-8-5-13-6(3-14-8)9(17)15-7-4-11-1-2-12-7/h1-5H,10H2,(H,14,16)(H,12,15,17). The van der Waals surface area contributed by atoms with Crippen molar-refractivity contribution >= 4 is 17.5 Å². The number of amides is 1. The zero-order valence-corrected chi connectivity index (χ0v) is 8.66. The Kier molecular flexibility index (Phi) is 3.17. The predicted octanol–water partition coefficient (Wildman–Crippen LogP) is -0.196. The number of carbonyl (C=O) groups is 1. The number of carbonyl (C=O) groups excluding carboxylic acids is 1. The van der Waals surface area contributed by atoms with Crippen LogP contribution in [0.1, 0.15) is 10.5 Å². The zero-order chi connectivity index (χ0) is 12.1. The summed E-state index contributed by atoms with van der Waals surface area (Å²) in [7, 11) is 0. The number of hydrogen-bond acceptors (Lipinski definition) is 7. The first-order chi connectivity index (χ1) is 8.29. The lowest BCUT2D eigenvalue weighted by Gasteiger charge is -2.03. The molecular formula is C9H9N7O. The number of hydrogen-bond donors (Lipinski definition) is 3. The fourth-order valence-corrected chi connectivity index (χ4v) is 1.06. The Bertz CT molecular complexity index is 499. The average Bonchev–Trinajstić information content (AvgIpc) is 2.40. The second kappa shape index (κ2) is 4.94. The molecule has 0 radical (unpaired) electrons. The molecule has 2 aromatic heterocycles. The van der Waals surface area contributed by atoms with Gasteiger partial charge in [0.05, 0.1) is 18.6 Å². The highest BCUT2D eigenvalue weighted by Gasteiger charge is 2.08. The molecule has 0 aliphatic carbocycles. The van der Waals surface area contributed by atoms with Gasteiger partial charge in [0, 0.05) is 12.4 Å². The molecule has 0 aliphatic rings. The molecule has 8 nitrogen and oxygen atoms in total. The molecule has 0 spiro atoms. The van der Waals surface area contributed by atoms with Crippen molar-refractivity contribution in [2.75, 3.05) is 10.7 Å². The van der Waals surface area contributed by atoms with Crippen molar-refractivity contribution in [3.8, 4) is 0 Å². The molecule has 0 atom stereocenters. The molecule has 0 saturated carbocycles. The van der Waals surface area contributed by atoms with Crippen LogP contribution in [0.2, 0.25) is 0 Å². The number of nitrogens with zero attached hydrogens (tertiary/aromatic N) is 4. The van der Waals surface area contributed by atoms with Gasteiger partial charge in [-0.3, -0.25) is 9.78 Å². The summed E-state index contributed by atoms with van der Waals surface area (Å²) >= 11 is 0. The number of nitrogen functional groups attached to an aromatic ring is 1. The van der Waals surface area contributed by atoms with Crippen molar-refractivity contribution in [3.05, 3.63) is 36.7 Å². The van der Waals surface area contributed by atoms with E-state index < -0.39 is 5.91 Å². The van der Waals surface area contributed by atoms with Crippen LogP contribution in [0.15, 0.2) is 31.0 Å². The average molecular weight is 231 g/mol. The van der Waals surface area contributed by atoms with Gasteiger partial charge in [0.25, 0.3) is 5.91 Å². The topological polar surface area (TPSA) is 119 Å². The maximum atomic E-state index is 11.7. The highest BCUT2D eigenvalue weighted by atomic mass is 16.1. The quantitative estimate of drug-likeness (QED) is 0.494. The third-order valence-electron chi connectivity index (χ3n) is 1.84. The fraction of sp³-hybridized carbons (Fsp3) is 0. The zero-order valence-electron chi connectivity index (χ0n) is 8.66. The van der Waals surface area contributed by atoms with Crippen LogP contribution in [-0.4, -0.2) is 25.8 Å². The Balaban J connectivity index is 2.09. The van der Waals surface area contributed by atoms with Gasteiger partial charge < -0.3 is 10.7 Å². The number of rotatable bonds is 3. The van der Waals surface area contributed by atoms with Crippen molar-refractivity contribution in [3.63, 3.8) is 0 Å². The first-order valence-electron chi connectivity index (χ1n) is 4.65. The molecule has 17 heavy (non-hydrogen) atoms. The number of nitrogens with two attached hydrogens (primary N) is 1. The Morgan fingerprint density at radius 3 is 2.53 bits per heavy atom. The van der Waals surface area contributed by atoms with Crippen LogP contribution in [0, 0.1) is 0 Å². The van der Waals surface area contributed by atoms with Crippen LogP contribution in [0.4, 0.5) is 11.6 Å². The summed E-state index contributed by atoms with van der Waals surface area (Å²) in [6, 6.07) is 0. The summed E-state index contributed by atoms with van der Waals surface area (Å²) in [5.74, 6) is 5.44. The van der Waals surface area contributed by atoms with E-state index in [2.05, 4.69) is 30.7 Å². The molecule has 4 N–H and O–H groups in total. The van der Waals surface area contributed by atoms with Crippen LogP contribution in [0.3, 0.4) is 0 Å². The van der Waals surface area contributed by atoms with Crippen LogP contribution in [-0.2, 0) is 0 Å². The lowest BCUT2D eigenvalue weighted by molar-refractivity contribution is 0.102. The molecule has 0 bridgehead atoms. The van der Waals surface area contributed by atoms with Gasteiger partial charge >= 0.3 is 0 Å². The van der Waals surface area contributed by atoms with Gasteiger partial charge in [-0.2, -0.15) is 0 Å². The van der Waals surface area contributed by atoms with E-state index in [9.17, 15) is 4.79 Å². The molecular weight excluding hydrogens is 222 g/mol. The van der Waals surface area contributed by atoms with E-state index >= 15 is 0 Å². The molecule has 0 saturated heterocycles. The lowest BCUT2D eigenvalue weighted by atomic mass is 10.4. The van der Waals surface area contributed by atoms with Crippen LogP contribution in [0.5, 0.6) is 0 Å². The first-order valence-corrected chi connectivity index (χ1v) is 4.65. The Morgan fingerprint density at radius 1 is 1.06 bits per heavy atom. The number of aromatic nitrogens is 4. The largest absolute Gasteiger partial charge is 0.307 e. The minimum absolute atomic E-state index is 0.162. The SMILES string of the molecule is NNc1cnc(C(=O)Nc2cnccn2)cn1. The first kappa shape index (κ1) is 10.9. The van der Waals surface area contributed by atoms with Gasteiger partial charge in [-0.15, -0.1) is 0 Å². The Hall–Kier alpha value is -2.61. The molecule has 0 aromatic carbocycles. The van der Waals surface area contributed by atoms with Gasteiger partial charge in [0.1, 0.15) is 5.69 Å². The number of anilines is 2. The molecule has 1 amide bonds. The van der Waals surface area contributed by atoms with Gasteiger partial charge in [-0.25, -0.2) is 20.8 Å². The number of hydrazine groups is 1. The molecule has 2 rings (SSSR count). The molecule has 86 valence electrons. The van der Waals surface area contributed by atoms with Gasteiger partial charge in [0.15, 0.2) is 11.6 Å². The van der Waals surface area contributed by atoms with E-state index in [0.29, 0.717) is 11.6 Å². The van der Waals surface area contributed by atoms with E-state index in [0.717, 1.165) is 0 Å². The van der Waals surface area contributed by atoms with Crippen molar-refractivity contribution in [1.29, 1.82) is 0 Å². The molecule has 8 heteroatoms. The Labute approximate surface area is 96.3 Å². The van der Waals surface area contributed by atoms with Gasteiger partial charge in [-0.1, -0.05) is 0 Å². The summed E-state index contributed by atoms with van der Waals surface area (Å²) in [6.45, 7) is 0. The minimum atomic E-state index is -0.415. The van der Waals surface area contributed by atoms with E-state index in [4.69, 9.17) is 5.84 Å². The predicted molar refractivity (Wildman–Crippen MR) is 59.8 cm³/mol. The van der Waals surface area contributed by atoms with E-state index in [1.165, 1.54) is 31.0 Å². The molecule has 0 aliphatic heterocycles. The fourth-order valence-electron chi connectivity index (χ4n) is 1.06. The second-order valence-corrected chi connectivity index (χ2v) is 2.98. The minimum Gasteiger partial charge on any atom is -0.307 e. The third kappa shape index (κ3) is 2.69. The molecule has 2 aromatic rings. The van der Waals surface area contributed by atoms with E-state index in [-0.39, 0.29) is 5.69 Å². The molecule has 0 fully saturated rings. The molecule has 0 unspecified atom stereocenters. The van der Waals surface area contributed by atoms with Crippen LogP contribution < -0.4 is 16.6 Å². The summed E-state index contributed by atoms with van der Waals surface area (Å²) < 4.78 is 0. The Morgan fingerprint density at radius 2 is 1.94 bits per heavy atom. The normalized spacial score (nSPS) is 9.71. The summed E-state index contributed by atoms with van der Waals surface area (Å²) in [5.41, 5.74) is 2.48. The van der Waals surface area contributed by atoms with Crippen molar-refractivity contribution in [1.82, 2.24) is 19.9 Å². The van der Waals surface area contributed by atoms with E-state index in [1.807, 2.05) is 0 Å². The lowest BCUT2D eigenvalue weighted by Crippen LogP contribution is -2.16. The van der Waals surface area contributed by atoms with Crippen molar-refractivity contribution < 1.29 is 4.79 Å². The maximum Gasteiger partial charge on any atom is 0.277 e. The highest BCUT2D eigenvalue weighted by Crippen LogP contribution is 2.03. The second-order valence-electron chi connectivity index (χ2n) is 2.98. The van der Waals surface area contributed by atoms with Crippen LogP contribution in [0.25, 0.3) is 0 Å². The summed E-state index contributed by atoms with van der Waals surface area (Å²) in [4.78, 5) is 27.1. The number of nitrogens with one attached hydrogen (secondary N) is 2. The summed E-state index contributed by atoms with van der Waals surface area (Å²) in [6.07, 6.45) is 7.08. The highest BCUT2D eigenvalue weighted by molar-refractivity contribution is 6.02. The monoisotopic (exact) mass is 231 g/mol. The van der Waals surface area contributed by atoms with Gasteiger partial charge in [0.2, 0.25) is 0 Å². The van der Waals surface area contributed by atoms with E-state index in [1.54, 1.807) is 0 Å². The maximum absolute atomic E-state index is 11.7. The van der Waals surface area contributed by atoms with Crippen molar-refractivity contribution in [2.45, 2.75) is 0 Å². The van der Waals surface area contributed by atoms with Gasteiger partial charge in [-0.05, 0) is 0 Å². The smallest absolute Gasteiger partial charge is 0.277 e. The summed E-state index contributed by atoms with van der Waals surface area (Å²) in [5, 5.41) is 2.53. The molecule has 2 heterocycles. The van der Waals surface area contributed by atoms with Crippen LogP contribution >= 0.6 is 0 Å².